The van der Waals surface area contributed by atoms with E-state index in [1.165, 1.54) is 11.3 Å². The van der Waals surface area contributed by atoms with E-state index in [-0.39, 0.29) is 5.91 Å². The summed E-state index contributed by atoms with van der Waals surface area (Å²) in [7, 11) is 0. The van der Waals surface area contributed by atoms with E-state index in [0.717, 1.165) is 60.1 Å². The number of aromatic nitrogens is 1. The van der Waals surface area contributed by atoms with Gasteiger partial charge in [-0.3, -0.25) is 14.6 Å². The maximum Gasteiger partial charge on any atom is 0.260 e. The minimum absolute atomic E-state index is 0.0153. The monoisotopic (exact) mass is 485 g/mol. The van der Waals surface area contributed by atoms with Crippen molar-refractivity contribution in [1.82, 2.24) is 9.88 Å². The number of thiazole rings is 1. The summed E-state index contributed by atoms with van der Waals surface area (Å²) >= 11 is 4.96. The van der Waals surface area contributed by atoms with E-state index < -0.39 is 0 Å². The number of nitrogens with zero attached hydrogens (tertiary/aromatic N) is 3. The standard InChI is InChI=1S/C23H24BrN3O2S/c24-20-9-7-19(8-10-20)22(28)27(12-4-11-26-13-15-29-16-14-26)23-25-21(17-30-23)18-5-2-1-3-6-18/h1-3,5-10,17H,4,11-16H2. The Morgan fingerprint density at radius 2 is 1.83 bits per heavy atom. The average molecular weight is 486 g/mol. The van der Waals surface area contributed by atoms with Gasteiger partial charge in [0.2, 0.25) is 0 Å². The van der Waals surface area contributed by atoms with Crippen LogP contribution in [-0.4, -0.2) is 55.2 Å². The summed E-state index contributed by atoms with van der Waals surface area (Å²) in [6.07, 6.45) is 0.891. The van der Waals surface area contributed by atoms with E-state index in [0.29, 0.717) is 12.1 Å². The lowest BCUT2D eigenvalue weighted by Crippen LogP contribution is -2.39. The lowest BCUT2D eigenvalue weighted by molar-refractivity contribution is 0.0376. The number of hydrogen-bond donors (Lipinski definition) is 0. The lowest BCUT2D eigenvalue weighted by Gasteiger charge is -2.27. The molecule has 0 radical (unpaired) electrons. The number of rotatable bonds is 7. The molecule has 0 spiro atoms. The molecule has 5 nitrogen and oxygen atoms in total. The molecule has 7 heteroatoms. The van der Waals surface area contributed by atoms with Crippen molar-refractivity contribution in [1.29, 1.82) is 0 Å². The molecule has 2 aromatic carbocycles. The van der Waals surface area contributed by atoms with Crippen LogP contribution in [0.25, 0.3) is 11.3 Å². The molecule has 156 valence electrons. The highest BCUT2D eigenvalue weighted by Crippen LogP contribution is 2.28. The molecule has 1 aromatic heterocycles. The first kappa shape index (κ1) is 21.2. The second kappa shape index (κ2) is 10.3. The number of hydrogen-bond acceptors (Lipinski definition) is 5. The van der Waals surface area contributed by atoms with Crippen LogP contribution in [-0.2, 0) is 4.74 Å². The molecule has 0 saturated carbocycles. The van der Waals surface area contributed by atoms with E-state index in [4.69, 9.17) is 9.72 Å². The molecule has 1 fully saturated rings. The molecule has 1 aliphatic heterocycles. The lowest BCUT2D eigenvalue weighted by atomic mass is 10.2. The summed E-state index contributed by atoms with van der Waals surface area (Å²) in [6.45, 7) is 5.06. The fourth-order valence-electron chi connectivity index (χ4n) is 3.44. The average Bonchev–Trinajstić information content (AvgIpc) is 3.28. The summed E-state index contributed by atoms with van der Waals surface area (Å²) in [6, 6.07) is 17.6. The third kappa shape index (κ3) is 5.35. The largest absolute Gasteiger partial charge is 0.379 e. The van der Waals surface area contributed by atoms with Crippen LogP contribution in [0.1, 0.15) is 16.8 Å². The Morgan fingerprint density at radius 1 is 1.10 bits per heavy atom. The topological polar surface area (TPSA) is 45.7 Å². The number of benzene rings is 2. The highest BCUT2D eigenvalue weighted by molar-refractivity contribution is 9.10. The van der Waals surface area contributed by atoms with Crippen molar-refractivity contribution in [3.63, 3.8) is 0 Å². The Balaban J connectivity index is 1.52. The first-order valence-electron chi connectivity index (χ1n) is 10.1. The van der Waals surface area contributed by atoms with Gasteiger partial charge in [0.15, 0.2) is 5.13 Å². The van der Waals surface area contributed by atoms with Crippen LogP contribution < -0.4 is 4.90 Å². The van der Waals surface area contributed by atoms with E-state index in [2.05, 4.69) is 20.8 Å². The van der Waals surface area contributed by atoms with Crippen molar-refractivity contribution in [3.05, 3.63) is 70.0 Å². The van der Waals surface area contributed by atoms with Gasteiger partial charge in [0, 0.05) is 47.2 Å². The number of ether oxygens (including phenoxy) is 1. The van der Waals surface area contributed by atoms with Crippen molar-refractivity contribution in [2.24, 2.45) is 0 Å². The van der Waals surface area contributed by atoms with Crippen LogP contribution in [0.15, 0.2) is 64.5 Å². The Kier molecular flexibility index (Phi) is 7.28. The highest BCUT2D eigenvalue weighted by Gasteiger charge is 2.21. The zero-order valence-corrected chi connectivity index (χ0v) is 19.1. The van der Waals surface area contributed by atoms with Gasteiger partial charge in [-0.25, -0.2) is 4.98 Å². The van der Waals surface area contributed by atoms with Crippen molar-refractivity contribution >= 4 is 38.3 Å². The van der Waals surface area contributed by atoms with Gasteiger partial charge in [-0.1, -0.05) is 46.3 Å². The number of morpholine rings is 1. The summed E-state index contributed by atoms with van der Waals surface area (Å²) < 4.78 is 6.39. The Labute approximate surface area is 189 Å². The zero-order chi connectivity index (χ0) is 20.8. The molecule has 0 unspecified atom stereocenters. The second-order valence-electron chi connectivity index (χ2n) is 7.15. The number of anilines is 1. The highest BCUT2D eigenvalue weighted by atomic mass is 79.9. The van der Waals surface area contributed by atoms with E-state index in [9.17, 15) is 4.79 Å². The summed E-state index contributed by atoms with van der Waals surface area (Å²) in [5, 5.41) is 2.76. The molecule has 1 aliphatic rings. The molecule has 0 aliphatic carbocycles. The first-order chi connectivity index (χ1) is 14.7. The van der Waals surface area contributed by atoms with E-state index in [1.807, 2.05) is 64.9 Å². The maximum absolute atomic E-state index is 13.3. The van der Waals surface area contributed by atoms with Gasteiger partial charge in [0.1, 0.15) is 0 Å². The number of carbonyl (C=O) groups excluding carboxylic acids is 1. The Bertz CT molecular complexity index is 956. The fourth-order valence-corrected chi connectivity index (χ4v) is 4.56. The van der Waals surface area contributed by atoms with Crippen LogP contribution in [0.2, 0.25) is 0 Å². The number of halogens is 1. The van der Waals surface area contributed by atoms with Gasteiger partial charge in [-0.2, -0.15) is 0 Å². The predicted octanol–water partition coefficient (Wildman–Crippen LogP) is 4.94. The molecule has 0 atom stereocenters. The van der Waals surface area contributed by atoms with Gasteiger partial charge >= 0.3 is 0 Å². The molecule has 2 heterocycles. The van der Waals surface area contributed by atoms with Crippen LogP contribution in [0.5, 0.6) is 0 Å². The van der Waals surface area contributed by atoms with Crippen LogP contribution >= 0.6 is 27.3 Å². The molecular weight excluding hydrogens is 462 g/mol. The minimum atomic E-state index is -0.0153. The van der Waals surface area contributed by atoms with Crippen LogP contribution in [0.4, 0.5) is 5.13 Å². The third-order valence-electron chi connectivity index (χ3n) is 5.09. The molecule has 0 bridgehead atoms. The Hall–Kier alpha value is -2.06. The summed E-state index contributed by atoms with van der Waals surface area (Å²) in [5.74, 6) is -0.0153. The second-order valence-corrected chi connectivity index (χ2v) is 8.90. The molecule has 4 rings (SSSR count). The van der Waals surface area contributed by atoms with Crippen molar-refractivity contribution in [2.75, 3.05) is 44.3 Å². The van der Waals surface area contributed by atoms with Gasteiger partial charge in [-0.15, -0.1) is 11.3 Å². The van der Waals surface area contributed by atoms with Gasteiger partial charge in [-0.05, 0) is 30.7 Å². The van der Waals surface area contributed by atoms with Crippen molar-refractivity contribution < 1.29 is 9.53 Å². The summed E-state index contributed by atoms with van der Waals surface area (Å²) in [4.78, 5) is 22.3. The first-order valence-corrected chi connectivity index (χ1v) is 11.8. The quantitative estimate of drug-likeness (QED) is 0.475. The maximum atomic E-state index is 13.3. The van der Waals surface area contributed by atoms with Crippen molar-refractivity contribution in [3.8, 4) is 11.3 Å². The molecular formula is C23H24BrN3O2S. The normalized spacial score (nSPS) is 14.6. The van der Waals surface area contributed by atoms with Crippen LogP contribution in [0, 0.1) is 0 Å². The fraction of sp³-hybridized carbons (Fsp3) is 0.304. The minimum Gasteiger partial charge on any atom is -0.379 e. The number of amides is 1. The zero-order valence-electron chi connectivity index (χ0n) is 16.7. The third-order valence-corrected chi connectivity index (χ3v) is 6.48. The van der Waals surface area contributed by atoms with Crippen LogP contribution in [0.3, 0.4) is 0 Å². The van der Waals surface area contributed by atoms with Gasteiger partial charge in [0.05, 0.1) is 18.9 Å². The smallest absolute Gasteiger partial charge is 0.260 e. The van der Waals surface area contributed by atoms with E-state index >= 15 is 0 Å². The number of carbonyl (C=O) groups is 1. The molecule has 1 amide bonds. The SMILES string of the molecule is O=C(c1ccc(Br)cc1)N(CCCN1CCOCC1)c1nc(-c2ccccc2)cs1. The Morgan fingerprint density at radius 3 is 2.57 bits per heavy atom. The molecule has 1 saturated heterocycles. The molecule has 0 N–H and O–H groups in total. The van der Waals surface area contributed by atoms with Gasteiger partial charge in [0.25, 0.3) is 5.91 Å². The molecule has 30 heavy (non-hydrogen) atoms. The van der Waals surface area contributed by atoms with Gasteiger partial charge < -0.3 is 4.74 Å². The molecule has 3 aromatic rings. The van der Waals surface area contributed by atoms with E-state index in [1.54, 1.807) is 0 Å². The van der Waals surface area contributed by atoms with Crippen molar-refractivity contribution in [2.45, 2.75) is 6.42 Å². The predicted molar refractivity (Wildman–Crippen MR) is 125 cm³/mol. The summed E-state index contributed by atoms with van der Waals surface area (Å²) in [5.41, 5.74) is 2.63.